The summed E-state index contributed by atoms with van der Waals surface area (Å²) in [5.74, 6) is -2.92. The molecule has 1 atom stereocenters. The zero-order valence-corrected chi connectivity index (χ0v) is 18.1. The van der Waals surface area contributed by atoms with Gasteiger partial charge in [-0.2, -0.15) is 0 Å². The Balaban J connectivity index is 2.31. The summed E-state index contributed by atoms with van der Waals surface area (Å²) in [6, 6.07) is 5.03. The maximum Gasteiger partial charge on any atom is 0.455 e. The van der Waals surface area contributed by atoms with Crippen molar-refractivity contribution in [3.63, 3.8) is 0 Å². The Morgan fingerprint density at radius 3 is 2.58 bits per heavy atom. The summed E-state index contributed by atoms with van der Waals surface area (Å²) >= 11 is 1.05. The third-order valence-electron chi connectivity index (χ3n) is 4.58. The Labute approximate surface area is 183 Å². The molecule has 0 fully saturated rings. The van der Waals surface area contributed by atoms with Crippen molar-refractivity contribution < 1.29 is 34.7 Å². The van der Waals surface area contributed by atoms with Crippen LogP contribution in [0, 0.1) is 6.92 Å². The lowest BCUT2D eigenvalue weighted by molar-refractivity contribution is -0.161. The number of ketones is 1. The van der Waals surface area contributed by atoms with E-state index in [-0.39, 0.29) is 35.1 Å². The van der Waals surface area contributed by atoms with Crippen LogP contribution in [-0.4, -0.2) is 55.4 Å². The zero-order chi connectivity index (χ0) is 23.3. The van der Waals surface area contributed by atoms with Gasteiger partial charge in [0.1, 0.15) is 11.4 Å². The van der Waals surface area contributed by atoms with Crippen LogP contribution in [0.3, 0.4) is 0 Å². The van der Waals surface area contributed by atoms with Crippen LogP contribution in [0.4, 0.5) is 5.13 Å². The largest absolute Gasteiger partial charge is 0.507 e. The van der Waals surface area contributed by atoms with Crippen LogP contribution in [0.2, 0.25) is 5.82 Å². The minimum atomic E-state index is -1.86. The number of phenolic OH excluding ortho intramolecular Hbond substituents is 1. The van der Waals surface area contributed by atoms with Gasteiger partial charge in [-0.25, -0.2) is 9.78 Å². The van der Waals surface area contributed by atoms with Gasteiger partial charge in [-0.15, -0.1) is 11.3 Å². The van der Waals surface area contributed by atoms with E-state index in [4.69, 9.17) is 10.6 Å². The smallest absolute Gasteiger partial charge is 0.455 e. The fraction of sp³-hybridized carbons (Fsp3) is 0.368. The fourth-order valence-corrected chi connectivity index (χ4v) is 3.17. The number of nitrogens with zero attached hydrogens (tertiary/aromatic N) is 2. The molecule has 0 radical (unpaired) electrons. The van der Waals surface area contributed by atoms with Crippen LogP contribution in [0.15, 0.2) is 28.7 Å². The summed E-state index contributed by atoms with van der Waals surface area (Å²) in [5, 5.41) is 44.4. The molecule has 2 aromatic rings. The molecule has 0 spiro atoms. The molecular weight excluding hydrogens is 425 g/mol. The van der Waals surface area contributed by atoms with E-state index in [9.17, 15) is 29.9 Å². The number of carboxylic acid groups (broad SMARTS) is 1. The van der Waals surface area contributed by atoms with Gasteiger partial charge in [-0.1, -0.05) is 23.4 Å². The number of hydrogen-bond acceptors (Lipinski definition) is 10. The molecule has 0 unspecified atom stereocenters. The first-order valence-electron chi connectivity index (χ1n) is 9.30. The third kappa shape index (κ3) is 6.26. The van der Waals surface area contributed by atoms with E-state index in [1.165, 1.54) is 19.2 Å². The first-order valence-corrected chi connectivity index (χ1v) is 10.2. The number of carbonyl (C=O) groups is 2. The van der Waals surface area contributed by atoms with Crippen LogP contribution in [0.1, 0.15) is 37.1 Å². The summed E-state index contributed by atoms with van der Waals surface area (Å²) in [5.41, 5.74) is 4.77. The number of rotatable bonds is 10. The van der Waals surface area contributed by atoms with Gasteiger partial charge < -0.3 is 30.8 Å². The second-order valence-corrected chi connectivity index (χ2v) is 8.40. The Bertz CT molecular complexity index is 991. The number of aryl methyl sites for hydroxylation is 1. The van der Waals surface area contributed by atoms with Gasteiger partial charge in [-0.05, 0) is 38.3 Å². The van der Waals surface area contributed by atoms with Crippen molar-refractivity contribution in [3.8, 4) is 5.75 Å². The Kier molecular flexibility index (Phi) is 7.77. The first kappa shape index (κ1) is 24.3. The second-order valence-electron chi connectivity index (χ2n) is 7.51. The maximum atomic E-state index is 13.0. The predicted octanol–water partition coefficient (Wildman–Crippen LogP) is 1.37. The molecule has 0 aliphatic heterocycles. The summed E-state index contributed by atoms with van der Waals surface area (Å²) < 4.78 is 0. The van der Waals surface area contributed by atoms with E-state index in [0.717, 1.165) is 11.3 Å². The molecule has 0 aliphatic rings. The van der Waals surface area contributed by atoms with Crippen molar-refractivity contribution in [1.82, 2.24) is 4.98 Å². The van der Waals surface area contributed by atoms with E-state index in [1.807, 2.05) is 0 Å². The number of carbonyl (C=O) groups excluding carboxylic acids is 1. The molecule has 6 N–H and O–H groups in total. The Morgan fingerprint density at radius 2 is 2.03 bits per heavy atom. The molecule has 0 bridgehead atoms. The molecule has 0 amide bonds. The van der Waals surface area contributed by atoms with E-state index >= 15 is 0 Å². The molecule has 0 saturated carbocycles. The standard InChI is InChI=1S/C19H24BN3O7S/c1-10-5-4-6-11(16(10)25)7-12(20(28)29)8-14(24)15(13-9-31-18(21)22-13)23-30-19(2,3)17(26)27/h4-6,9,12,25,28-29H,7-8H2,1-3H3,(H2,21,22)(H,26,27)/b23-15-/t12-/m1/s1. The SMILES string of the molecule is Cc1cccc(C[C@H](CC(=O)/C(=N\OC(C)(C)C(=O)O)c2csc(N)n2)B(O)O)c1O. The van der Waals surface area contributed by atoms with E-state index in [2.05, 4.69) is 10.1 Å². The predicted molar refractivity (Wildman–Crippen MR) is 116 cm³/mol. The summed E-state index contributed by atoms with van der Waals surface area (Å²) in [6.07, 6.45) is -0.372. The van der Waals surface area contributed by atoms with Crippen LogP contribution in [0.5, 0.6) is 5.75 Å². The number of hydrogen-bond donors (Lipinski definition) is 5. The van der Waals surface area contributed by atoms with E-state index < -0.39 is 30.3 Å². The Morgan fingerprint density at radius 1 is 1.35 bits per heavy atom. The number of aromatic nitrogens is 1. The van der Waals surface area contributed by atoms with Gasteiger partial charge in [0.25, 0.3) is 0 Å². The highest BCUT2D eigenvalue weighted by molar-refractivity contribution is 7.13. The van der Waals surface area contributed by atoms with Crippen LogP contribution in [-0.2, 0) is 20.8 Å². The monoisotopic (exact) mass is 449 g/mol. The Hall–Kier alpha value is -2.96. The van der Waals surface area contributed by atoms with Crippen molar-refractivity contribution in [2.75, 3.05) is 5.73 Å². The lowest BCUT2D eigenvalue weighted by Crippen LogP contribution is -2.34. The second kappa shape index (κ2) is 9.90. The van der Waals surface area contributed by atoms with Gasteiger partial charge in [0.2, 0.25) is 5.60 Å². The minimum Gasteiger partial charge on any atom is -0.507 e. The summed E-state index contributed by atoms with van der Waals surface area (Å²) in [7, 11) is -1.86. The van der Waals surface area contributed by atoms with E-state index in [0.29, 0.717) is 11.1 Å². The van der Waals surface area contributed by atoms with Crippen molar-refractivity contribution in [3.05, 3.63) is 40.4 Å². The zero-order valence-electron chi connectivity index (χ0n) is 17.3. The van der Waals surface area contributed by atoms with E-state index in [1.54, 1.807) is 25.1 Å². The number of Topliss-reactive ketones (excluding diaryl/α,β-unsaturated/α-hetero) is 1. The molecule has 12 heteroatoms. The van der Waals surface area contributed by atoms with Crippen molar-refractivity contribution in [2.45, 2.75) is 45.0 Å². The molecule has 2 rings (SSSR count). The van der Waals surface area contributed by atoms with Crippen LogP contribution in [0.25, 0.3) is 0 Å². The van der Waals surface area contributed by atoms with Crippen molar-refractivity contribution in [2.24, 2.45) is 5.16 Å². The molecule has 0 aliphatic carbocycles. The average molecular weight is 449 g/mol. The van der Waals surface area contributed by atoms with Gasteiger partial charge in [0, 0.05) is 17.6 Å². The first-order chi connectivity index (χ1) is 14.4. The summed E-state index contributed by atoms with van der Waals surface area (Å²) in [6.45, 7) is 4.22. The number of benzene rings is 1. The number of para-hydroxylation sites is 1. The number of thiazole rings is 1. The third-order valence-corrected chi connectivity index (χ3v) is 5.26. The van der Waals surface area contributed by atoms with Crippen LogP contribution < -0.4 is 5.73 Å². The number of nitrogen functional groups attached to an aromatic ring is 1. The topological polar surface area (TPSA) is 176 Å². The van der Waals surface area contributed by atoms with Gasteiger partial charge in [0.15, 0.2) is 16.6 Å². The van der Waals surface area contributed by atoms with Gasteiger partial charge in [0.05, 0.1) is 0 Å². The quantitative estimate of drug-likeness (QED) is 0.204. The molecular formula is C19H24BN3O7S. The molecule has 0 saturated heterocycles. The number of phenols is 1. The molecule has 31 heavy (non-hydrogen) atoms. The highest BCUT2D eigenvalue weighted by Gasteiger charge is 2.33. The lowest BCUT2D eigenvalue weighted by Gasteiger charge is -2.19. The molecule has 1 aromatic carbocycles. The summed E-state index contributed by atoms with van der Waals surface area (Å²) in [4.78, 5) is 33.3. The average Bonchev–Trinajstić information content (AvgIpc) is 3.10. The highest BCUT2D eigenvalue weighted by Crippen LogP contribution is 2.29. The number of nitrogens with two attached hydrogens (primary N) is 1. The number of aliphatic carboxylic acids is 1. The maximum absolute atomic E-state index is 13.0. The normalized spacial score (nSPS) is 13.0. The molecule has 10 nitrogen and oxygen atoms in total. The number of anilines is 1. The van der Waals surface area contributed by atoms with Crippen molar-refractivity contribution in [1.29, 1.82) is 0 Å². The molecule has 166 valence electrons. The fourth-order valence-electron chi connectivity index (χ4n) is 2.62. The van der Waals surface area contributed by atoms with Crippen LogP contribution >= 0.6 is 11.3 Å². The van der Waals surface area contributed by atoms with Gasteiger partial charge >= 0.3 is 13.1 Å². The minimum absolute atomic E-state index is 0.00484. The molecule has 1 heterocycles. The molecule has 1 aromatic heterocycles. The number of aromatic hydroxyl groups is 1. The van der Waals surface area contributed by atoms with Crippen molar-refractivity contribution >= 4 is 41.1 Å². The number of carboxylic acids is 1. The number of oxime groups is 1. The lowest BCUT2D eigenvalue weighted by atomic mass is 9.66. The van der Waals surface area contributed by atoms with Gasteiger partial charge in [-0.3, -0.25) is 4.79 Å². The highest BCUT2D eigenvalue weighted by atomic mass is 32.1.